The molecule has 0 fully saturated rings. The third-order valence-corrected chi connectivity index (χ3v) is 2.89. The smallest absolute Gasteiger partial charge is 0.195 e. The van der Waals surface area contributed by atoms with Crippen molar-refractivity contribution in [1.29, 1.82) is 0 Å². The standard InChI is InChI=1S/C12H16N4OS/c1-3-17-8-9(2)16-11(14-15-12(16)18)10-6-4-5-7-13-10/h4-7,9H,3,8H2,1-2H3,(H,15,18). The van der Waals surface area contributed by atoms with Gasteiger partial charge in [0.25, 0.3) is 0 Å². The molecule has 0 aliphatic carbocycles. The Balaban J connectivity index is 2.36. The van der Waals surface area contributed by atoms with Gasteiger partial charge in [0.2, 0.25) is 0 Å². The predicted molar refractivity (Wildman–Crippen MR) is 71.8 cm³/mol. The van der Waals surface area contributed by atoms with E-state index in [4.69, 9.17) is 17.0 Å². The average molecular weight is 264 g/mol. The van der Waals surface area contributed by atoms with E-state index in [2.05, 4.69) is 15.2 Å². The summed E-state index contributed by atoms with van der Waals surface area (Å²) in [6.45, 7) is 5.31. The number of hydrogen-bond donors (Lipinski definition) is 1. The second-order valence-electron chi connectivity index (χ2n) is 3.95. The summed E-state index contributed by atoms with van der Waals surface area (Å²) in [5, 5.41) is 7.06. The lowest BCUT2D eigenvalue weighted by Crippen LogP contribution is -2.14. The number of nitrogens with one attached hydrogen (secondary N) is 1. The average Bonchev–Trinajstić information content (AvgIpc) is 2.79. The van der Waals surface area contributed by atoms with Crippen molar-refractivity contribution >= 4 is 12.2 Å². The highest BCUT2D eigenvalue weighted by Gasteiger charge is 2.15. The topological polar surface area (TPSA) is 55.7 Å². The number of rotatable bonds is 5. The van der Waals surface area contributed by atoms with Crippen molar-refractivity contribution < 1.29 is 4.74 Å². The minimum Gasteiger partial charge on any atom is -0.380 e. The summed E-state index contributed by atoms with van der Waals surface area (Å²) in [7, 11) is 0. The Morgan fingerprint density at radius 3 is 3.00 bits per heavy atom. The molecular formula is C12H16N4OS. The molecule has 0 radical (unpaired) electrons. The second-order valence-corrected chi connectivity index (χ2v) is 4.33. The first kappa shape index (κ1) is 12.9. The van der Waals surface area contributed by atoms with E-state index in [1.165, 1.54) is 0 Å². The Kier molecular flexibility index (Phi) is 4.22. The minimum absolute atomic E-state index is 0.119. The zero-order chi connectivity index (χ0) is 13.0. The number of hydrogen-bond acceptors (Lipinski definition) is 4. The van der Waals surface area contributed by atoms with E-state index >= 15 is 0 Å². The van der Waals surface area contributed by atoms with Crippen LogP contribution in [-0.2, 0) is 4.74 Å². The van der Waals surface area contributed by atoms with Crippen molar-refractivity contribution in [3.63, 3.8) is 0 Å². The molecule has 1 N–H and O–H groups in total. The summed E-state index contributed by atoms with van der Waals surface area (Å²) in [5.74, 6) is 0.743. The molecule has 0 aliphatic rings. The van der Waals surface area contributed by atoms with Crippen molar-refractivity contribution in [2.75, 3.05) is 13.2 Å². The van der Waals surface area contributed by atoms with E-state index in [0.717, 1.165) is 11.5 Å². The lowest BCUT2D eigenvalue weighted by Gasteiger charge is -2.14. The normalized spacial score (nSPS) is 12.6. The van der Waals surface area contributed by atoms with Gasteiger partial charge in [-0.1, -0.05) is 6.07 Å². The molecule has 2 aromatic heterocycles. The molecule has 18 heavy (non-hydrogen) atoms. The van der Waals surface area contributed by atoms with Gasteiger partial charge in [-0.25, -0.2) is 0 Å². The zero-order valence-corrected chi connectivity index (χ0v) is 11.3. The van der Waals surface area contributed by atoms with Crippen molar-refractivity contribution in [2.24, 2.45) is 0 Å². The van der Waals surface area contributed by atoms with Crippen LogP contribution in [0.25, 0.3) is 11.5 Å². The zero-order valence-electron chi connectivity index (χ0n) is 10.5. The van der Waals surface area contributed by atoms with Gasteiger partial charge in [0.05, 0.1) is 12.6 Å². The number of pyridine rings is 1. The molecule has 2 aromatic rings. The van der Waals surface area contributed by atoms with Gasteiger partial charge < -0.3 is 4.74 Å². The van der Waals surface area contributed by atoms with Gasteiger partial charge in [0.1, 0.15) is 5.69 Å². The van der Waals surface area contributed by atoms with Crippen LogP contribution in [0.15, 0.2) is 24.4 Å². The molecule has 2 rings (SSSR count). The lowest BCUT2D eigenvalue weighted by molar-refractivity contribution is 0.119. The highest BCUT2D eigenvalue weighted by molar-refractivity contribution is 7.71. The SMILES string of the molecule is CCOCC(C)n1c(-c2ccccn2)n[nH]c1=S. The van der Waals surface area contributed by atoms with Crippen LogP contribution in [0.5, 0.6) is 0 Å². The Hall–Kier alpha value is -1.53. The summed E-state index contributed by atoms with van der Waals surface area (Å²) in [6.07, 6.45) is 1.74. The van der Waals surface area contributed by atoms with Gasteiger partial charge in [-0.05, 0) is 38.2 Å². The van der Waals surface area contributed by atoms with Crippen LogP contribution in [0.1, 0.15) is 19.9 Å². The number of nitrogens with zero attached hydrogens (tertiary/aromatic N) is 3. The van der Waals surface area contributed by atoms with Gasteiger partial charge in [-0.3, -0.25) is 14.6 Å². The molecule has 5 nitrogen and oxygen atoms in total. The van der Waals surface area contributed by atoms with Crippen LogP contribution in [0.3, 0.4) is 0 Å². The molecule has 0 aromatic carbocycles. The maximum absolute atomic E-state index is 5.44. The molecule has 0 saturated carbocycles. The first-order valence-electron chi connectivity index (χ1n) is 5.90. The first-order valence-corrected chi connectivity index (χ1v) is 6.31. The molecule has 96 valence electrons. The molecule has 0 amide bonds. The van der Waals surface area contributed by atoms with E-state index in [1.54, 1.807) is 6.20 Å². The van der Waals surface area contributed by atoms with Gasteiger partial charge in [-0.15, -0.1) is 0 Å². The molecule has 0 bridgehead atoms. The molecule has 0 spiro atoms. The number of aromatic nitrogens is 4. The van der Waals surface area contributed by atoms with Crippen molar-refractivity contribution in [2.45, 2.75) is 19.9 Å². The Bertz CT molecular complexity index is 549. The van der Waals surface area contributed by atoms with Crippen LogP contribution < -0.4 is 0 Å². The van der Waals surface area contributed by atoms with E-state index in [0.29, 0.717) is 18.0 Å². The van der Waals surface area contributed by atoms with Gasteiger partial charge in [0, 0.05) is 12.8 Å². The largest absolute Gasteiger partial charge is 0.380 e. The molecule has 6 heteroatoms. The fraction of sp³-hybridized carbons (Fsp3) is 0.417. The van der Waals surface area contributed by atoms with Gasteiger partial charge >= 0.3 is 0 Å². The number of ether oxygens (including phenoxy) is 1. The fourth-order valence-electron chi connectivity index (χ4n) is 1.75. The third-order valence-electron chi connectivity index (χ3n) is 2.60. The van der Waals surface area contributed by atoms with E-state index in [1.807, 2.05) is 36.6 Å². The molecule has 1 unspecified atom stereocenters. The summed E-state index contributed by atoms with van der Waals surface area (Å²) < 4.78 is 7.96. The second kappa shape index (κ2) is 5.88. The van der Waals surface area contributed by atoms with Crippen LogP contribution in [0.4, 0.5) is 0 Å². The number of aromatic amines is 1. The first-order chi connectivity index (χ1) is 8.74. The van der Waals surface area contributed by atoms with Crippen LogP contribution in [0.2, 0.25) is 0 Å². The highest BCUT2D eigenvalue weighted by atomic mass is 32.1. The van der Waals surface area contributed by atoms with Crippen molar-refractivity contribution in [3.8, 4) is 11.5 Å². The molecule has 2 heterocycles. The van der Waals surface area contributed by atoms with Crippen LogP contribution in [-0.4, -0.2) is 33.0 Å². The van der Waals surface area contributed by atoms with E-state index in [-0.39, 0.29) is 6.04 Å². The number of H-pyrrole nitrogens is 1. The minimum atomic E-state index is 0.119. The quantitative estimate of drug-likeness (QED) is 0.843. The summed E-state index contributed by atoms with van der Waals surface area (Å²) in [5.41, 5.74) is 0.799. The van der Waals surface area contributed by atoms with Crippen LogP contribution in [0, 0.1) is 4.77 Å². The lowest BCUT2D eigenvalue weighted by atomic mass is 10.3. The van der Waals surface area contributed by atoms with Crippen molar-refractivity contribution in [1.82, 2.24) is 19.7 Å². The fourth-order valence-corrected chi connectivity index (χ4v) is 2.06. The van der Waals surface area contributed by atoms with Crippen LogP contribution >= 0.6 is 12.2 Å². The maximum Gasteiger partial charge on any atom is 0.195 e. The van der Waals surface area contributed by atoms with Gasteiger partial charge in [-0.2, -0.15) is 5.10 Å². The molecule has 1 atom stereocenters. The monoisotopic (exact) mass is 264 g/mol. The Morgan fingerprint density at radius 2 is 2.33 bits per heavy atom. The third kappa shape index (κ3) is 2.65. The summed E-state index contributed by atoms with van der Waals surface area (Å²) in [6, 6.07) is 5.83. The van der Waals surface area contributed by atoms with Crippen molar-refractivity contribution in [3.05, 3.63) is 29.2 Å². The molecule has 0 saturated heterocycles. The molecule has 0 aliphatic heterocycles. The van der Waals surface area contributed by atoms with E-state index in [9.17, 15) is 0 Å². The molecular weight excluding hydrogens is 248 g/mol. The Labute approximate surface area is 111 Å². The maximum atomic E-state index is 5.44. The Morgan fingerprint density at radius 1 is 1.50 bits per heavy atom. The van der Waals surface area contributed by atoms with Gasteiger partial charge in [0.15, 0.2) is 10.6 Å². The summed E-state index contributed by atoms with van der Waals surface area (Å²) in [4.78, 5) is 4.30. The predicted octanol–water partition coefficient (Wildman–Crippen LogP) is 2.60. The highest BCUT2D eigenvalue weighted by Crippen LogP contribution is 2.19. The van der Waals surface area contributed by atoms with E-state index < -0.39 is 0 Å². The summed E-state index contributed by atoms with van der Waals surface area (Å²) >= 11 is 5.26.